The Bertz CT molecular complexity index is 390. The smallest absolute Gasteiger partial charge is 0.139 e. The maximum atomic E-state index is 6.15. The normalized spacial score (nSPS) is 11.6. The third-order valence-electron chi connectivity index (χ3n) is 3.29. The van der Waals surface area contributed by atoms with Crippen molar-refractivity contribution < 1.29 is 4.74 Å². The fourth-order valence-corrected chi connectivity index (χ4v) is 3.40. The average Bonchev–Trinajstić information content (AvgIpc) is 2.40. The highest BCUT2D eigenvalue weighted by Crippen LogP contribution is 2.36. The van der Waals surface area contributed by atoms with Crippen molar-refractivity contribution in [3.8, 4) is 5.75 Å². The summed E-state index contributed by atoms with van der Waals surface area (Å²) in [7, 11) is 0. The molecule has 0 saturated carbocycles. The number of benzene rings is 1. The Morgan fingerprint density at radius 3 is 2.32 bits per heavy atom. The molecule has 4 heteroatoms. The molecule has 0 fully saturated rings. The van der Waals surface area contributed by atoms with Crippen LogP contribution in [-0.2, 0) is 0 Å². The molecule has 108 valence electrons. The summed E-state index contributed by atoms with van der Waals surface area (Å²) in [5.41, 5.74) is 0.176. The fourth-order valence-electron chi connectivity index (χ4n) is 2.33. The zero-order valence-electron chi connectivity index (χ0n) is 11.5. The van der Waals surface area contributed by atoms with E-state index in [2.05, 4.69) is 29.8 Å². The van der Waals surface area contributed by atoms with E-state index >= 15 is 0 Å². The van der Waals surface area contributed by atoms with Crippen molar-refractivity contribution in [1.82, 2.24) is 0 Å². The van der Waals surface area contributed by atoms with E-state index in [0.29, 0.717) is 22.4 Å². The minimum Gasteiger partial charge on any atom is -0.491 e. The highest BCUT2D eigenvalue weighted by molar-refractivity contribution is 9.09. The molecular formula is C15H21BrCl2O. The summed E-state index contributed by atoms with van der Waals surface area (Å²) in [4.78, 5) is 0. The largest absolute Gasteiger partial charge is 0.491 e. The lowest BCUT2D eigenvalue weighted by Gasteiger charge is -2.31. The molecule has 0 aliphatic carbocycles. The van der Waals surface area contributed by atoms with Gasteiger partial charge in [-0.15, -0.1) is 0 Å². The lowest BCUT2D eigenvalue weighted by atomic mass is 9.82. The molecule has 19 heavy (non-hydrogen) atoms. The summed E-state index contributed by atoms with van der Waals surface area (Å²) in [6.07, 6.45) is 4.59. The van der Waals surface area contributed by atoms with Gasteiger partial charge >= 0.3 is 0 Å². The van der Waals surface area contributed by atoms with Gasteiger partial charge in [0.05, 0.1) is 11.6 Å². The first kappa shape index (κ1) is 17.1. The van der Waals surface area contributed by atoms with Crippen molar-refractivity contribution in [2.24, 2.45) is 5.41 Å². The molecule has 1 aromatic carbocycles. The van der Waals surface area contributed by atoms with Crippen LogP contribution in [0.3, 0.4) is 0 Å². The summed E-state index contributed by atoms with van der Waals surface area (Å²) in [6.45, 7) is 5.08. The van der Waals surface area contributed by atoms with Gasteiger partial charge in [-0.1, -0.05) is 71.9 Å². The first-order valence-corrected chi connectivity index (χ1v) is 8.59. The number of rotatable bonds is 8. The third kappa shape index (κ3) is 4.84. The fraction of sp³-hybridized carbons (Fsp3) is 0.600. The van der Waals surface area contributed by atoms with Crippen LogP contribution in [0.15, 0.2) is 18.2 Å². The SMILES string of the molecule is CCCC(CBr)(CCC)COc1cccc(Cl)c1Cl. The molecule has 0 bridgehead atoms. The maximum Gasteiger partial charge on any atom is 0.139 e. The first-order chi connectivity index (χ1) is 9.08. The van der Waals surface area contributed by atoms with Crippen LogP contribution in [0.25, 0.3) is 0 Å². The molecule has 0 saturated heterocycles. The van der Waals surface area contributed by atoms with Crippen LogP contribution in [0.1, 0.15) is 39.5 Å². The Balaban J connectivity index is 2.77. The maximum absolute atomic E-state index is 6.15. The third-order valence-corrected chi connectivity index (χ3v) is 5.29. The Labute approximate surface area is 134 Å². The van der Waals surface area contributed by atoms with Crippen molar-refractivity contribution in [2.45, 2.75) is 39.5 Å². The van der Waals surface area contributed by atoms with E-state index < -0.39 is 0 Å². The minimum absolute atomic E-state index is 0.176. The number of hydrogen-bond acceptors (Lipinski definition) is 1. The molecule has 0 aliphatic rings. The molecule has 0 atom stereocenters. The highest BCUT2D eigenvalue weighted by atomic mass is 79.9. The van der Waals surface area contributed by atoms with Crippen LogP contribution in [0, 0.1) is 5.41 Å². The van der Waals surface area contributed by atoms with Crippen LogP contribution >= 0.6 is 39.1 Å². The van der Waals surface area contributed by atoms with Crippen LogP contribution < -0.4 is 4.74 Å². The topological polar surface area (TPSA) is 9.23 Å². The van der Waals surface area contributed by atoms with Gasteiger partial charge < -0.3 is 4.74 Å². The van der Waals surface area contributed by atoms with Crippen molar-refractivity contribution in [3.63, 3.8) is 0 Å². The van der Waals surface area contributed by atoms with Gasteiger partial charge in [0.2, 0.25) is 0 Å². The predicted octanol–water partition coefficient (Wildman–Crippen LogP) is 6.35. The second kappa shape index (κ2) is 8.39. The molecule has 0 aromatic heterocycles. The van der Waals surface area contributed by atoms with E-state index in [9.17, 15) is 0 Å². The van der Waals surface area contributed by atoms with E-state index in [0.717, 1.165) is 31.0 Å². The number of alkyl halides is 1. The minimum atomic E-state index is 0.176. The van der Waals surface area contributed by atoms with E-state index in [1.54, 1.807) is 6.07 Å². The number of ether oxygens (including phenoxy) is 1. The second-order valence-corrected chi connectivity index (χ2v) is 6.32. The highest BCUT2D eigenvalue weighted by Gasteiger charge is 2.28. The van der Waals surface area contributed by atoms with Crippen molar-refractivity contribution in [1.29, 1.82) is 0 Å². The van der Waals surface area contributed by atoms with Crippen molar-refractivity contribution in [3.05, 3.63) is 28.2 Å². The Hall–Kier alpha value is 0.0800. The van der Waals surface area contributed by atoms with E-state index in [-0.39, 0.29) is 5.41 Å². The molecule has 1 aromatic rings. The standard InChI is InChI=1S/C15H21BrCl2O/c1-3-8-15(10-16,9-4-2)11-19-13-7-5-6-12(17)14(13)18/h5-7H,3-4,8-11H2,1-2H3. The summed E-state index contributed by atoms with van der Waals surface area (Å²) in [5, 5.41) is 1.98. The summed E-state index contributed by atoms with van der Waals surface area (Å²) in [6, 6.07) is 5.50. The van der Waals surface area contributed by atoms with E-state index in [4.69, 9.17) is 27.9 Å². The average molecular weight is 368 g/mol. The summed E-state index contributed by atoms with van der Waals surface area (Å²) in [5.74, 6) is 0.673. The molecule has 1 nitrogen and oxygen atoms in total. The van der Waals surface area contributed by atoms with Gasteiger partial charge in [0, 0.05) is 10.7 Å². The van der Waals surface area contributed by atoms with Crippen LogP contribution in [-0.4, -0.2) is 11.9 Å². The molecule has 0 amide bonds. The van der Waals surface area contributed by atoms with Gasteiger partial charge in [-0.2, -0.15) is 0 Å². The predicted molar refractivity (Wildman–Crippen MR) is 88.0 cm³/mol. The van der Waals surface area contributed by atoms with Crippen molar-refractivity contribution >= 4 is 39.1 Å². The number of hydrogen-bond donors (Lipinski definition) is 0. The summed E-state index contributed by atoms with van der Waals surface area (Å²) < 4.78 is 5.93. The molecule has 0 spiro atoms. The Morgan fingerprint density at radius 1 is 1.16 bits per heavy atom. The molecule has 0 heterocycles. The zero-order chi connectivity index (χ0) is 14.3. The molecular weight excluding hydrogens is 347 g/mol. The van der Waals surface area contributed by atoms with Gasteiger partial charge in [-0.05, 0) is 25.0 Å². The monoisotopic (exact) mass is 366 g/mol. The molecule has 0 radical (unpaired) electrons. The van der Waals surface area contributed by atoms with E-state index in [1.807, 2.05) is 12.1 Å². The van der Waals surface area contributed by atoms with Crippen molar-refractivity contribution in [2.75, 3.05) is 11.9 Å². The molecule has 0 unspecified atom stereocenters. The lowest BCUT2D eigenvalue weighted by Crippen LogP contribution is -2.30. The van der Waals surface area contributed by atoms with E-state index in [1.165, 1.54) is 0 Å². The summed E-state index contributed by atoms with van der Waals surface area (Å²) >= 11 is 15.8. The Morgan fingerprint density at radius 2 is 1.79 bits per heavy atom. The quantitative estimate of drug-likeness (QED) is 0.486. The molecule has 1 rings (SSSR count). The van der Waals surface area contributed by atoms with Gasteiger partial charge in [-0.3, -0.25) is 0 Å². The van der Waals surface area contributed by atoms with Crippen LogP contribution in [0.2, 0.25) is 10.0 Å². The lowest BCUT2D eigenvalue weighted by molar-refractivity contribution is 0.144. The van der Waals surface area contributed by atoms with Crippen LogP contribution in [0.4, 0.5) is 0 Å². The zero-order valence-corrected chi connectivity index (χ0v) is 14.6. The van der Waals surface area contributed by atoms with Crippen LogP contribution in [0.5, 0.6) is 5.75 Å². The number of halogens is 3. The van der Waals surface area contributed by atoms with Gasteiger partial charge in [0.25, 0.3) is 0 Å². The van der Waals surface area contributed by atoms with Gasteiger partial charge in [-0.25, -0.2) is 0 Å². The molecule has 0 N–H and O–H groups in total. The first-order valence-electron chi connectivity index (χ1n) is 6.71. The Kier molecular flexibility index (Phi) is 7.56. The van der Waals surface area contributed by atoms with Gasteiger partial charge in [0.1, 0.15) is 10.8 Å². The molecule has 0 aliphatic heterocycles. The van der Waals surface area contributed by atoms with Gasteiger partial charge in [0.15, 0.2) is 0 Å². The second-order valence-electron chi connectivity index (χ2n) is 4.97.